The Labute approximate surface area is 446 Å². The Morgan fingerprint density at radius 1 is 0.460 bits per heavy atom. The van der Waals surface area contributed by atoms with Crippen LogP contribution < -0.4 is 9.80 Å². The Balaban J connectivity index is 2.91. The summed E-state index contributed by atoms with van der Waals surface area (Å²) in [5.74, 6) is -3.37. The highest BCUT2D eigenvalue weighted by atomic mass is 127. The van der Waals surface area contributed by atoms with Crippen molar-refractivity contribution in [3.8, 4) is 0 Å². The summed E-state index contributed by atoms with van der Waals surface area (Å²) in [5.41, 5.74) is -1.72. The summed E-state index contributed by atoms with van der Waals surface area (Å²) in [6, 6.07) is 0. The molecule has 0 aromatic heterocycles. The third kappa shape index (κ3) is 16.1. The molecule has 0 radical (unpaired) electrons. The molecule has 0 aliphatic rings. The topological polar surface area (TPSA) is 291 Å². The highest BCUT2D eigenvalue weighted by Crippen LogP contribution is 2.42. The van der Waals surface area contributed by atoms with Crippen LogP contribution in [0.4, 0.5) is 11.4 Å². The largest absolute Gasteiger partial charge is 0.394 e. The molecule has 4 atom stereocenters. The highest BCUT2D eigenvalue weighted by molar-refractivity contribution is 14.1. The predicted octanol–water partition coefficient (Wildman–Crippen LogP) is 3.74. The van der Waals surface area contributed by atoms with E-state index in [1.807, 2.05) is 136 Å². The number of benzene rings is 2. The number of halogens is 6. The van der Waals surface area contributed by atoms with Crippen molar-refractivity contribution in [2.24, 2.45) is 0 Å². The van der Waals surface area contributed by atoms with Crippen LogP contribution in [-0.4, -0.2) is 150 Å². The molecule has 0 fully saturated rings. The van der Waals surface area contributed by atoms with Crippen molar-refractivity contribution in [3.63, 3.8) is 0 Å². The van der Waals surface area contributed by atoms with Gasteiger partial charge in [-0.25, -0.2) is 0 Å². The molecule has 0 spiro atoms. The van der Waals surface area contributed by atoms with E-state index in [0.717, 1.165) is 9.80 Å². The van der Waals surface area contributed by atoms with Crippen LogP contribution in [0, 0.1) is 21.4 Å². The molecule has 9 N–H and O–H groups in total. The molecular formula is C40H50I6N2O15. The van der Waals surface area contributed by atoms with Gasteiger partial charge in [0, 0.05) is 83.2 Å². The Morgan fingerprint density at radius 3 is 0.841 bits per heavy atom. The summed E-state index contributed by atoms with van der Waals surface area (Å²) in [4.78, 5) is 85.1. The lowest BCUT2D eigenvalue weighted by Gasteiger charge is -2.37. The van der Waals surface area contributed by atoms with Crippen LogP contribution in [0.2, 0.25) is 0 Å². The van der Waals surface area contributed by atoms with E-state index in [4.69, 9.17) is 0 Å². The summed E-state index contributed by atoms with van der Waals surface area (Å²) in [6.45, 7) is 0.263. The number of aliphatic hydroxyl groups is 9. The summed E-state index contributed by atoms with van der Waals surface area (Å²) >= 11 is 11.1. The van der Waals surface area contributed by atoms with Gasteiger partial charge in [-0.2, -0.15) is 0 Å². The molecule has 0 heterocycles. The van der Waals surface area contributed by atoms with Crippen molar-refractivity contribution >= 4 is 182 Å². The van der Waals surface area contributed by atoms with E-state index in [1.54, 1.807) is 0 Å². The Hall–Kier alpha value is 0.0800. The Kier molecular flexibility index (Phi) is 25.7. The number of hydrogen-bond acceptors (Lipinski definition) is 15. The quantitative estimate of drug-likeness (QED) is 0.0479. The maximum absolute atomic E-state index is 13.8. The van der Waals surface area contributed by atoms with Gasteiger partial charge in [0.1, 0.15) is 0 Å². The minimum absolute atomic E-state index is 0.0365. The second-order valence-corrected chi connectivity index (χ2v) is 21.5. The zero-order chi connectivity index (χ0) is 48.3. The summed E-state index contributed by atoms with van der Waals surface area (Å²) in [6.07, 6.45) is -6.29. The molecule has 2 amide bonds. The second-order valence-electron chi connectivity index (χ2n) is 15.0. The van der Waals surface area contributed by atoms with Gasteiger partial charge in [-0.1, -0.05) is 0 Å². The maximum Gasteiger partial charge on any atom is 0.224 e. The van der Waals surface area contributed by atoms with E-state index in [9.17, 15) is 74.7 Å². The average molecular weight is 1560 g/mol. The molecule has 23 heteroatoms. The first-order valence-corrected chi connectivity index (χ1v) is 25.8. The highest BCUT2D eigenvalue weighted by Gasteiger charge is 2.38. The van der Waals surface area contributed by atoms with Crippen LogP contribution in [0.25, 0.3) is 0 Å². The first-order chi connectivity index (χ1) is 29.3. The number of aliphatic hydroxyl groups excluding tert-OH is 8. The van der Waals surface area contributed by atoms with Gasteiger partial charge in [0.05, 0.1) is 80.9 Å². The van der Waals surface area contributed by atoms with Gasteiger partial charge >= 0.3 is 0 Å². The SMILES string of the molecule is CC(=O)N(CC(C)(O)CN(C(C)=O)c1c(I)c(C(=O)CCC(O)CO)c(I)c(C(=O)CCC(O)CO)c1I)c1c(I)c(C(=O)CCC(O)CO)c(I)c(C(=O)CCC(O)CO)c1I. The number of anilines is 2. The normalized spacial score (nSPS) is 14.4. The predicted molar refractivity (Wildman–Crippen MR) is 282 cm³/mol. The third-order valence-electron chi connectivity index (χ3n) is 9.66. The monoisotopic (exact) mass is 1560 g/mol. The van der Waals surface area contributed by atoms with Crippen LogP contribution in [-0.2, 0) is 9.59 Å². The lowest BCUT2D eigenvalue weighted by molar-refractivity contribution is -0.117. The lowest BCUT2D eigenvalue weighted by Crippen LogP contribution is -2.52. The molecule has 2 rings (SSSR count). The molecule has 0 bridgehead atoms. The number of Topliss-reactive ketones (excluding diaryl/α,β-unsaturated/α-hetero) is 4. The van der Waals surface area contributed by atoms with Gasteiger partial charge in [-0.15, -0.1) is 0 Å². The molecule has 0 saturated heterocycles. The first-order valence-electron chi connectivity index (χ1n) is 19.3. The van der Waals surface area contributed by atoms with Crippen molar-refractivity contribution < 1.29 is 74.7 Å². The molecule has 0 aliphatic heterocycles. The Bertz CT molecular complexity index is 1790. The van der Waals surface area contributed by atoms with Gasteiger partial charge < -0.3 is 55.8 Å². The lowest BCUT2D eigenvalue weighted by atomic mass is 9.96. The van der Waals surface area contributed by atoms with Crippen molar-refractivity contribution in [1.82, 2.24) is 0 Å². The number of ketones is 4. The summed E-state index contributed by atoms with van der Waals surface area (Å²) in [5, 5.41) is 89.8. The average Bonchev–Trinajstić information content (AvgIpc) is 3.21. The van der Waals surface area contributed by atoms with Crippen LogP contribution in [0.15, 0.2) is 0 Å². The van der Waals surface area contributed by atoms with Gasteiger partial charge in [0.2, 0.25) is 11.8 Å². The zero-order valence-electron chi connectivity index (χ0n) is 34.3. The fourth-order valence-electron chi connectivity index (χ4n) is 6.24. The van der Waals surface area contributed by atoms with E-state index in [1.165, 1.54) is 20.8 Å². The number of carbonyl (C=O) groups is 6. The molecule has 352 valence electrons. The van der Waals surface area contributed by atoms with Crippen molar-refractivity contribution in [2.45, 2.75) is 102 Å². The fraction of sp³-hybridized carbons (Fsp3) is 0.550. The van der Waals surface area contributed by atoms with Gasteiger partial charge in [0.25, 0.3) is 0 Å². The van der Waals surface area contributed by atoms with E-state index in [0.29, 0.717) is 0 Å². The summed E-state index contributed by atoms with van der Waals surface area (Å²) < 4.78 is 1.33. The number of carbonyl (C=O) groups excluding carboxylic acids is 6. The van der Waals surface area contributed by atoms with E-state index < -0.39 is 104 Å². The van der Waals surface area contributed by atoms with E-state index in [2.05, 4.69) is 0 Å². The number of nitrogens with zero attached hydrogens (tertiary/aromatic N) is 2. The minimum atomic E-state index is -2.02. The van der Waals surface area contributed by atoms with Crippen LogP contribution in [0.1, 0.15) is 114 Å². The van der Waals surface area contributed by atoms with E-state index in [-0.39, 0.29) is 106 Å². The van der Waals surface area contributed by atoms with Crippen molar-refractivity contribution in [2.75, 3.05) is 49.3 Å². The minimum Gasteiger partial charge on any atom is -0.394 e. The molecular weight excluding hydrogens is 1510 g/mol. The molecule has 63 heavy (non-hydrogen) atoms. The third-order valence-corrected chi connectivity index (χ3v) is 16.0. The van der Waals surface area contributed by atoms with Crippen LogP contribution >= 0.6 is 136 Å². The number of rotatable bonds is 26. The first kappa shape index (κ1) is 59.2. The fourth-order valence-corrected chi connectivity index (χ4v) is 16.1. The standard InChI is InChI=1S/C40H50I6N2O15/c1-18(53)47(38-34(43)28(24(59)8-4-20(55)12-49)32(41)29(35(38)44)25(60)9-5-21(56)13-50)16-40(3,63)17-48(19(2)54)39-36(45)30(26(61)10-6-22(57)14-51)33(42)31(37(39)46)27(62)11-7-23(58)15-52/h20-23,49-52,55-58,63H,4-17H2,1-3H3. The second kappa shape index (κ2) is 27.3. The molecule has 17 nitrogen and oxygen atoms in total. The van der Waals surface area contributed by atoms with Gasteiger partial charge in [-0.05, 0) is 168 Å². The maximum atomic E-state index is 13.8. The van der Waals surface area contributed by atoms with Crippen LogP contribution in [0.5, 0.6) is 0 Å². The van der Waals surface area contributed by atoms with Crippen molar-refractivity contribution in [3.05, 3.63) is 43.7 Å². The van der Waals surface area contributed by atoms with Gasteiger partial charge in [-0.3, -0.25) is 28.8 Å². The van der Waals surface area contributed by atoms with Gasteiger partial charge in [0.15, 0.2) is 23.1 Å². The molecule has 4 unspecified atom stereocenters. The molecule has 0 saturated carbocycles. The smallest absolute Gasteiger partial charge is 0.224 e. The molecule has 2 aromatic carbocycles. The Morgan fingerprint density at radius 2 is 0.667 bits per heavy atom. The van der Waals surface area contributed by atoms with E-state index >= 15 is 0 Å². The zero-order valence-corrected chi connectivity index (χ0v) is 47.3. The molecule has 0 aliphatic carbocycles. The summed E-state index contributed by atoms with van der Waals surface area (Å²) in [7, 11) is 0. The number of hydrogen-bond donors (Lipinski definition) is 9. The van der Waals surface area contributed by atoms with Crippen LogP contribution in [0.3, 0.4) is 0 Å². The number of amides is 2. The van der Waals surface area contributed by atoms with Crippen molar-refractivity contribution in [1.29, 1.82) is 0 Å². The molecule has 2 aromatic rings.